The largest absolute Gasteiger partial charge is 0.411 e. The first kappa shape index (κ1) is 10.5. The monoisotopic (exact) mass is 223 g/mol. The van der Waals surface area contributed by atoms with Gasteiger partial charge in [-0.2, -0.15) is 0 Å². The average molecular weight is 223 g/mol. The van der Waals surface area contributed by atoms with E-state index in [1.54, 1.807) is 11.8 Å². The Hall–Kier alpha value is -1.00. The topological polar surface area (TPSA) is 41.8 Å². The molecule has 3 nitrogen and oxygen atoms in total. The molecule has 80 valence electrons. The molecule has 1 heterocycles. The minimum atomic E-state index is 0.135. The summed E-state index contributed by atoms with van der Waals surface area (Å²) in [7, 11) is 0. The van der Waals surface area contributed by atoms with Crippen LogP contribution in [0.3, 0.4) is 0 Å². The Bertz CT molecular complexity index is 334. The first-order valence-corrected chi connectivity index (χ1v) is 5.94. The maximum atomic E-state index is 8.96. The molecule has 0 aromatic heterocycles. The van der Waals surface area contributed by atoms with E-state index in [0.717, 1.165) is 17.9 Å². The highest BCUT2D eigenvalue weighted by Crippen LogP contribution is 2.24. The lowest BCUT2D eigenvalue weighted by atomic mass is 10.1. The van der Waals surface area contributed by atoms with Gasteiger partial charge in [-0.3, -0.25) is 0 Å². The van der Waals surface area contributed by atoms with Crippen LogP contribution in [0.5, 0.6) is 0 Å². The van der Waals surface area contributed by atoms with E-state index < -0.39 is 0 Å². The zero-order valence-corrected chi connectivity index (χ0v) is 9.11. The first-order valence-electron chi connectivity index (χ1n) is 4.89. The van der Waals surface area contributed by atoms with Gasteiger partial charge in [0.15, 0.2) is 0 Å². The van der Waals surface area contributed by atoms with Crippen LogP contribution in [-0.4, -0.2) is 28.7 Å². The van der Waals surface area contributed by atoms with E-state index in [1.807, 2.05) is 30.3 Å². The van der Waals surface area contributed by atoms with Gasteiger partial charge in [0.25, 0.3) is 0 Å². The molecule has 1 aromatic rings. The number of hydrogen-bond donors (Lipinski definition) is 1. The van der Waals surface area contributed by atoms with Gasteiger partial charge in [0.05, 0.1) is 12.3 Å². The lowest BCUT2D eigenvalue weighted by molar-refractivity contribution is 0.147. The van der Waals surface area contributed by atoms with Crippen molar-refractivity contribution in [2.75, 3.05) is 12.4 Å². The Labute approximate surface area is 93.1 Å². The molecule has 0 saturated carbocycles. The summed E-state index contributed by atoms with van der Waals surface area (Å²) in [6, 6.07) is 9.69. The number of ether oxygens (including phenoxy) is 1. The van der Waals surface area contributed by atoms with Crippen LogP contribution < -0.4 is 0 Å². The molecule has 1 saturated heterocycles. The predicted octanol–water partition coefficient (Wildman–Crippen LogP) is 2.34. The molecule has 1 fully saturated rings. The van der Waals surface area contributed by atoms with Crippen molar-refractivity contribution < 1.29 is 9.94 Å². The van der Waals surface area contributed by atoms with Crippen molar-refractivity contribution in [1.29, 1.82) is 0 Å². The lowest BCUT2D eigenvalue weighted by Crippen LogP contribution is -2.11. The highest BCUT2D eigenvalue weighted by atomic mass is 32.2. The third kappa shape index (κ3) is 2.73. The molecule has 0 amide bonds. The van der Waals surface area contributed by atoms with E-state index in [0.29, 0.717) is 12.1 Å². The summed E-state index contributed by atoms with van der Waals surface area (Å²) in [6.07, 6.45) is 0.658. The molecule has 1 N–H and O–H groups in total. The number of nitrogens with zero attached hydrogens (tertiary/aromatic N) is 1. The van der Waals surface area contributed by atoms with Crippen LogP contribution in [0.25, 0.3) is 0 Å². The van der Waals surface area contributed by atoms with Crippen LogP contribution in [0.1, 0.15) is 12.0 Å². The average Bonchev–Trinajstić information content (AvgIpc) is 2.80. The van der Waals surface area contributed by atoms with Crippen molar-refractivity contribution in [3.8, 4) is 0 Å². The molecule has 1 aliphatic heterocycles. The molecular weight excluding hydrogens is 210 g/mol. The molecular formula is C11H13NO2S. The van der Waals surface area contributed by atoms with Crippen LogP contribution in [0.2, 0.25) is 0 Å². The summed E-state index contributed by atoms with van der Waals surface area (Å²) in [5.74, 6) is 1.03. The zero-order chi connectivity index (χ0) is 10.5. The van der Waals surface area contributed by atoms with Crippen LogP contribution in [0.15, 0.2) is 35.5 Å². The Kier molecular flexibility index (Phi) is 3.64. The van der Waals surface area contributed by atoms with Crippen molar-refractivity contribution in [3.05, 3.63) is 35.9 Å². The van der Waals surface area contributed by atoms with Crippen molar-refractivity contribution in [1.82, 2.24) is 0 Å². The third-order valence-electron chi connectivity index (χ3n) is 2.28. The highest BCUT2D eigenvalue weighted by molar-refractivity contribution is 8.00. The summed E-state index contributed by atoms with van der Waals surface area (Å²) in [5.41, 5.74) is 1.78. The molecule has 1 aliphatic rings. The van der Waals surface area contributed by atoms with E-state index in [1.165, 1.54) is 0 Å². The second-order valence-corrected chi connectivity index (χ2v) is 4.56. The van der Waals surface area contributed by atoms with Crippen molar-refractivity contribution in [2.24, 2.45) is 5.16 Å². The van der Waals surface area contributed by atoms with E-state index >= 15 is 0 Å². The van der Waals surface area contributed by atoms with Gasteiger partial charge >= 0.3 is 0 Å². The van der Waals surface area contributed by atoms with Gasteiger partial charge in [0, 0.05) is 12.2 Å². The molecule has 0 aliphatic carbocycles. The zero-order valence-electron chi connectivity index (χ0n) is 8.30. The first-order chi connectivity index (χ1) is 7.40. The SMILES string of the molecule is ON=C(CC1OCCS1)c1ccccc1. The number of hydrogen-bond acceptors (Lipinski definition) is 4. The minimum Gasteiger partial charge on any atom is -0.411 e. The number of benzene rings is 1. The minimum absolute atomic E-state index is 0.135. The van der Waals surface area contributed by atoms with Crippen molar-refractivity contribution in [2.45, 2.75) is 11.9 Å². The maximum absolute atomic E-state index is 8.96. The van der Waals surface area contributed by atoms with Crippen LogP contribution >= 0.6 is 11.8 Å². The summed E-state index contributed by atoms with van der Waals surface area (Å²) >= 11 is 1.77. The molecule has 0 spiro atoms. The van der Waals surface area contributed by atoms with Crippen LogP contribution in [-0.2, 0) is 4.74 Å². The molecule has 0 bridgehead atoms. The Morgan fingerprint density at radius 2 is 2.27 bits per heavy atom. The summed E-state index contributed by atoms with van der Waals surface area (Å²) in [5, 5.41) is 12.3. The van der Waals surface area contributed by atoms with Gasteiger partial charge in [-0.05, 0) is 5.56 Å². The fourth-order valence-electron chi connectivity index (χ4n) is 1.53. The highest BCUT2D eigenvalue weighted by Gasteiger charge is 2.19. The Morgan fingerprint density at radius 3 is 2.87 bits per heavy atom. The summed E-state index contributed by atoms with van der Waals surface area (Å²) < 4.78 is 5.48. The molecule has 2 rings (SSSR count). The van der Waals surface area contributed by atoms with E-state index in [2.05, 4.69) is 5.16 Å². The molecule has 1 aromatic carbocycles. The Balaban J connectivity index is 2.05. The van der Waals surface area contributed by atoms with Gasteiger partial charge in [0.2, 0.25) is 0 Å². The van der Waals surface area contributed by atoms with Gasteiger partial charge in [0.1, 0.15) is 5.44 Å². The smallest absolute Gasteiger partial charge is 0.109 e. The molecule has 0 radical (unpaired) electrons. The standard InChI is InChI=1S/C11H13NO2S/c13-12-10(8-11-14-6-7-15-11)9-4-2-1-3-5-9/h1-5,11,13H,6-8H2. The van der Waals surface area contributed by atoms with Crippen LogP contribution in [0, 0.1) is 0 Å². The normalized spacial score (nSPS) is 21.9. The lowest BCUT2D eigenvalue weighted by Gasteiger charge is -2.09. The van der Waals surface area contributed by atoms with E-state index in [4.69, 9.17) is 9.94 Å². The van der Waals surface area contributed by atoms with Gasteiger partial charge in [-0.1, -0.05) is 35.5 Å². The van der Waals surface area contributed by atoms with E-state index in [-0.39, 0.29) is 5.44 Å². The molecule has 1 atom stereocenters. The van der Waals surface area contributed by atoms with Crippen LogP contribution in [0.4, 0.5) is 0 Å². The van der Waals surface area contributed by atoms with E-state index in [9.17, 15) is 0 Å². The van der Waals surface area contributed by atoms with Crippen molar-refractivity contribution >= 4 is 17.5 Å². The van der Waals surface area contributed by atoms with Gasteiger partial charge < -0.3 is 9.94 Å². The summed E-state index contributed by atoms with van der Waals surface area (Å²) in [4.78, 5) is 0. The van der Waals surface area contributed by atoms with Gasteiger partial charge in [-0.25, -0.2) is 0 Å². The molecule has 1 unspecified atom stereocenters. The second kappa shape index (κ2) is 5.19. The maximum Gasteiger partial charge on any atom is 0.109 e. The third-order valence-corrected chi connectivity index (χ3v) is 3.36. The Morgan fingerprint density at radius 1 is 1.47 bits per heavy atom. The fourth-order valence-corrected chi connectivity index (χ4v) is 2.45. The number of thioether (sulfide) groups is 1. The quantitative estimate of drug-likeness (QED) is 0.486. The summed E-state index contributed by atoms with van der Waals surface area (Å²) in [6.45, 7) is 0.794. The molecule has 15 heavy (non-hydrogen) atoms. The second-order valence-electron chi connectivity index (χ2n) is 3.29. The predicted molar refractivity (Wildman–Crippen MR) is 61.6 cm³/mol. The molecule has 4 heteroatoms. The number of rotatable bonds is 3. The van der Waals surface area contributed by atoms with Gasteiger partial charge in [-0.15, -0.1) is 11.8 Å². The number of oxime groups is 1. The van der Waals surface area contributed by atoms with Crippen molar-refractivity contribution in [3.63, 3.8) is 0 Å². The fraction of sp³-hybridized carbons (Fsp3) is 0.364.